The third-order valence-corrected chi connectivity index (χ3v) is 3.97. The van der Waals surface area contributed by atoms with Crippen molar-refractivity contribution in [2.75, 3.05) is 13.2 Å². The minimum atomic E-state index is -4.41. The van der Waals surface area contributed by atoms with Gasteiger partial charge in [0.1, 0.15) is 6.61 Å². The number of benzene rings is 1. The van der Waals surface area contributed by atoms with E-state index in [1.165, 1.54) is 18.2 Å². The Morgan fingerprint density at radius 3 is 2.52 bits per heavy atom. The highest BCUT2D eigenvalue weighted by atomic mass is 32.2. The number of aryl methyl sites for hydroxylation is 1. The summed E-state index contributed by atoms with van der Waals surface area (Å²) < 4.78 is 61.6. The zero-order valence-corrected chi connectivity index (χ0v) is 12.0. The number of hydrogen-bond acceptors (Lipinski definition) is 3. The van der Waals surface area contributed by atoms with E-state index in [9.17, 15) is 21.6 Å². The third-order valence-electron chi connectivity index (χ3n) is 2.51. The van der Waals surface area contributed by atoms with Crippen LogP contribution in [0.15, 0.2) is 23.1 Å². The molecule has 0 bridgehead atoms. The summed E-state index contributed by atoms with van der Waals surface area (Å²) in [7, 11) is -3.99. The minimum absolute atomic E-state index is 0.128. The summed E-state index contributed by atoms with van der Waals surface area (Å²) in [4.78, 5) is -0.128. The lowest BCUT2D eigenvalue weighted by atomic mass is 10.1. The second-order valence-corrected chi connectivity index (χ2v) is 5.97. The van der Waals surface area contributed by atoms with Crippen LogP contribution < -0.4 is 4.72 Å². The van der Waals surface area contributed by atoms with E-state index in [2.05, 4.69) is 11.8 Å². The Bertz CT molecular complexity index is 657. The summed E-state index contributed by atoms with van der Waals surface area (Å²) in [6.45, 7) is 0.589. The molecule has 1 aromatic rings. The van der Waals surface area contributed by atoms with Gasteiger partial charge in [-0.1, -0.05) is 11.8 Å². The lowest BCUT2D eigenvalue weighted by Crippen LogP contribution is -2.28. The first-order valence-corrected chi connectivity index (χ1v) is 7.41. The molecule has 0 amide bonds. The number of aliphatic hydroxyl groups excluding tert-OH is 1. The van der Waals surface area contributed by atoms with E-state index in [1.54, 1.807) is 6.92 Å². The molecule has 0 spiro atoms. The average Bonchev–Trinajstić information content (AvgIpc) is 2.35. The molecule has 0 heterocycles. The molecule has 0 saturated heterocycles. The Morgan fingerprint density at radius 2 is 2.00 bits per heavy atom. The van der Waals surface area contributed by atoms with Gasteiger partial charge in [0.05, 0.1) is 11.3 Å². The molecule has 8 heteroatoms. The summed E-state index contributed by atoms with van der Waals surface area (Å²) in [5.41, 5.74) is 1.09. The van der Waals surface area contributed by atoms with Crippen LogP contribution in [0.5, 0.6) is 0 Å². The molecule has 1 rings (SSSR count). The van der Waals surface area contributed by atoms with E-state index >= 15 is 0 Å². The van der Waals surface area contributed by atoms with E-state index in [0.717, 1.165) is 0 Å². The maximum Gasteiger partial charge on any atom is 0.390 e. The lowest BCUT2D eigenvalue weighted by molar-refractivity contribution is -0.132. The zero-order chi connectivity index (χ0) is 16.1. The van der Waals surface area contributed by atoms with Crippen molar-refractivity contribution in [1.29, 1.82) is 0 Å². The van der Waals surface area contributed by atoms with Gasteiger partial charge >= 0.3 is 6.18 Å². The van der Waals surface area contributed by atoms with Crippen molar-refractivity contribution >= 4 is 10.0 Å². The molecule has 0 atom stereocenters. The quantitative estimate of drug-likeness (QED) is 0.827. The van der Waals surface area contributed by atoms with E-state index in [4.69, 9.17) is 5.11 Å². The van der Waals surface area contributed by atoms with Gasteiger partial charge in [-0.15, -0.1) is 0 Å². The first-order valence-electron chi connectivity index (χ1n) is 5.92. The highest BCUT2D eigenvalue weighted by Crippen LogP contribution is 2.19. The van der Waals surface area contributed by atoms with Gasteiger partial charge in [0.15, 0.2) is 0 Å². The van der Waals surface area contributed by atoms with Gasteiger partial charge in [-0.3, -0.25) is 0 Å². The first kappa shape index (κ1) is 17.5. The number of hydrogen-bond donors (Lipinski definition) is 2. The Balaban J connectivity index is 2.87. The second kappa shape index (κ2) is 6.93. The molecule has 4 nitrogen and oxygen atoms in total. The Kier molecular flexibility index (Phi) is 5.78. The summed E-state index contributed by atoms with van der Waals surface area (Å²) >= 11 is 0. The van der Waals surface area contributed by atoms with Crippen molar-refractivity contribution in [3.63, 3.8) is 0 Å². The highest BCUT2D eigenvalue weighted by molar-refractivity contribution is 7.89. The fourth-order valence-corrected chi connectivity index (χ4v) is 2.61. The molecule has 0 radical (unpaired) electrons. The van der Waals surface area contributed by atoms with Crippen LogP contribution in [0.4, 0.5) is 13.2 Å². The second-order valence-electron chi connectivity index (χ2n) is 4.20. The van der Waals surface area contributed by atoms with Crippen LogP contribution in [-0.4, -0.2) is 32.9 Å². The smallest absolute Gasteiger partial charge is 0.384 e. The summed E-state index contributed by atoms with van der Waals surface area (Å²) in [6.07, 6.45) is -5.65. The summed E-state index contributed by atoms with van der Waals surface area (Å²) in [5.74, 6) is 5.07. The predicted molar refractivity (Wildman–Crippen MR) is 71.0 cm³/mol. The van der Waals surface area contributed by atoms with E-state index in [-0.39, 0.29) is 11.5 Å². The largest absolute Gasteiger partial charge is 0.390 e. The van der Waals surface area contributed by atoms with E-state index in [0.29, 0.717) is 11.1 Å². The number of halogens is 3. The van der Waals surface area contributed by atoms with Crippen LogP contribution in [0.1, 0.15) is 17.5 Å². The molecule has 0 aliphatic heterocycles. The van der Waals surface area contributed by atoms with Crippen LogP contribution in [0.25, 0.3) is 0 Å². The molecule has 0 unspecified atom stereocenters. The molecular formula is C13H14F3NO3S. The van der Waals surface area contributed by atoms with Crippen LogP contribution in [0, 0.1) is 18.8 Å². The van der Waals surface area contributed by atoms with Gasteiger partial charge in [-0.05, 0) is 30.7 Å². The van der Waals surface area contributed by atoms with Crippen molar-refractivity contribution in [2.45, 2.75) is 24.4 Å². The van der Waals surface area contributed by atoms with Crippen LogP contribution in [0.3, 0.4) is 0 Å². The van der Waals surface area contributed by atoms with Gasteiger partial charge in [0.2, 0.25) is 10.0 Å². The van der Waals surface area contributed by atoms with Crippen LogP contribution in [0.2, 0.25) is 0 Å². The van der Waals surface area contributed by atoms with E-state index in [1.807, 2.05) is 4.72 Å². The van der Waals surface area contributed by atoms with Gasteiger partial charge in [0, 0.05) is 12.1 Å². The standard InChI is InChI=1S/C13H14F3NO3S/c1-10-9-12(5-4-11(10)3-2-8-18)21(19,20)17-7-6-13(14,15)16/h4-5,9,17-18H,6-8H2,1H3. The molecule has 116 valence electrons. The minimum Gasteiger partial charge on any atom is -0.384 e. The van der Waals surface area contributed by atoms with Crippen molar-refractivity contribution in [3.8, 4) is 11.8 Å². The van der Waals surface area contributed by atoms with Gasteiger partial charge in [0.25, 0.3) is 0 Å². The Labute approximate surface area is 121 Å². The molecule has 21 heavy (non-hydrogen) atoms. The Hall–Kier alpha value is -1.56. The molecule has 0 aromatic heterocycles. The molecule has 0 saturated carbocycles. The molecule has 1 aromatic carbocycles. The SMILES string of the molecule is Cc1cc(S(=O)(=O)NCCC(F)(F)F)ccc1C#CCO. The normalized spacial score (nSPS) is 11.9. The maximum atomic E-state index is 12.0. The topological polar surface area (TPSA) is 66.4 Å². The third kappa shape index (κ3) is 5.75. The molecular weight excluding hydrogens is 307 g/mol. The maximum absolute atomic E-state index is 12.0. The van der Waals surface area contributed by atoms with Crippen molar-refractivity contribution in [1.82, 2.24) is 4.72 Å². The van der Waals surface area contributed by atoms with Gasteiger partial charge in [-0.2, -0.15) is 13.2 Å². The fraction of sp³-hybridized carbons (Fsp3) is 0.385. The number of aliphatic hydroxyl groups is 1. The lowest BCUT2D eigenvalue weighted by Gasteiger charge is -2.09. The number of alkyl halides is 3. The summed E-state index contributed by atoms with van der Waals surface area (Å²) in [6, 6.07) is 4.01. The first-order chi connectivity index (χ1) is 9.65. The fourth-order valence-electron chi connectivity index (χ4n) is 1.49. The van der Waals surface area contributed by atoms with Crippen LogP contribution in [-0.2, 0) is 10.0 Å². The van der Waals surface area contributed by atoms with Crippen molar-refractivity contribution < 1.29 is 26.7 Å². The molecule has 2 N–H and O–H groups in total. The average molecular weight is 321 g/mol. The number of nitrogens with one attached hydrogen (secondary N) is 1. The molecule has 0 aliphatic carbocycles. The molecule has 0 fully saturated rings. The highest BCUT2D eigenvalue weighted by Gasteiger charge is 2.27. The Morgan fingerprint density at radius 1 is 1.33 bits per heavy atom. The zero-order valence-electron chi connectivity index (χ0n) is 11.2. The predicted octanol–water partition coefficient (Wildman–Crippen LogP) is 1.57. The summed E-state index contributed by atoms with van der Waals surface area (Å²) in [5, 5.41) is 8.59. The van der Waals surface area contributed by atoms with Gasteiger partial charge < -0.3 is 5.11 Å². The molecule has 0 aliphatic rings. The number of rotatable bonds is 4. The monoisotopic (exact) mass is 321 g/mol. The van der Waals surface area contributed by atoms with E-state index < -0.39 is 29.2 Å². The van der Waals surface area contributed by atoms with Crippen molar-refractivity contribution in [2.24, 2.45) is 0 Å². The van der Waals surface area contributed by atoms with Gasteiger partial charge in [-0.25, -0.2) is 13.1 Å². The van der Waals surface area contributed by atoms with Crippen molar-refractivity contribution in [3.05, 3.63) is 29.3 Å². The number of sulfonamides is 1. The van der Waals surface area contributed by atoms with Crippen LogP contribution >= 0.6 is 0 Å².